The molecule has 2 aromatic carbocycles. The second kappa shape index (κ2) is 9.93. The molecular formula is C25H30F3N3O3. The third kappa shape index (κ3) is 5.06. The van der Waals surface area contributed by atoms with Crippen LogP contribution in [0.1, 0.15) is 55.2 Å². The van der Waals surface area contributed by atoms with Crippen molar-refractivity contribution in [3.8, 4) is 5.75 Å². The van der Waals surface area contributed by atoms with Gasteiger partial charge in [-0.15, -0.1) is 0 Å². The quantitative estimate of drug-likeness (QED) is 0.542. The van der Waals surface area contributed by atoms with Crippen molar-refractivity contribution in [3.63, 3.8) is 0 Å². The molecule has 0 aromatic heterocycles. The number of fused-ring (bicyclic) bond motifs is 1. The van der Waals surface area contributed by atoms with Gasteiger partial charge in [0, 0.05) is 19.1 Å². The number of carbonyl (C=O) groups excluding carboxylic acids is 1. The fourth-order valence-electron chi connectivity index (χ4n) is 4.70. The number of carbonyl (C=O) groups is 1. The van der Waals surface area contributed by atoms with Crippen molar-refractivity contribution in [1.82, 2.24) is 15.5 Å². The lowest BCUT2D eigenvalue weighted by Crippen LogP contribution is -2.52. The van der Waals surface area contributed by atoms with E-state index in [1.165, 1.54) is 6.07 Å². The van der Waals surface area contributed by atoms with Crippen LogP contribution in [0.4, 0.5) is 13.2 Å². The number of alkyl halides is 2. The molecule has 3 N–H and O–H groups in total. The molecule has 3 unspecified atom stereocenters. The molecule has 4 rings (SSSR count). The first-order chi connectivity index (χ1) is 16.2. The highest BCUT2D eigenvalue weighted by molar-refractivity contribution is 5.83. The average Bonchev–Trinajstić information content (AvgIpc) is 3.10. The predicted molar refractivity (Wildman–Crippen MR) is 121 cm³/mol. The maximum atomic E-state index is 14.8. The molecular weight excluding hydrogens is 447 g/mol. The number of piperidine rings is 1. The first-order valence-electron chi connectivity index (χ1n) is 11.6. The molecule has 1 fully saturated rings. The number of rotatable bonds is 8. The fraction of sp³-hybridized carbons (Fsp3) is 0.480. The van der Waals surface area contributed by atoms with Gasteiger partial charge in [-0.2, -0.15) is 8.78 Å². The van der Waals surface area contributed by atoms with Gasteiger partial charge in [-0.05, 0) is 61.6 Å². The zero-order valence-corrected chi connectivity index (χ0v) is 19.3. The molecule has 9 heteroatoms. The standard InChI is InChI=1S/C25H30F3N3O3/c1-3-34-22-9-6-18(26)11-20(22)25(27,28)14-29-12-16-5-7-19-17(10-16)13-31(24(19)33)21-8-4-15(2)30-23(21)32/h5-7,9-11,15,21,24,29,33H,3-4,8,12-14H2,1-2H3,(H,30,32). The zero-order valence-electron chi connectivity index (χ0n) is 19.3. The summed E-state index contributed by atoms with van der Waals surface area (Å²) < 4.78 is 48.5. The number of ether oxygens (including phenoxy) is 1. The Bertz CT molecular complexity index is 1050. The molecule has 1 saturated heterocycles. The summed E-state index contributed by atoms with van der Waals surface area (Å²) in [6.07, 6.45) is 0.636. The Kier molecular flexibility index (Phi) is 7.16. The normalized spacial score (nSPS) is 23.0. The minimum atomic E-state index is -3.33. The molecule has 3 atom stereocenters. The third-order valence-electron chi connectivity index (χ3n) is 6.43. The Morgan fingerprint density at radius 2 is 2.03 bits per heavy atom. The minimum Gasteiger partial charge on any atom is -0.493 e. The first kappa shape index (κ1) is 24.5. The van der Waals surface area contributed by atoms with Crippen LogP contribution < -0.4 is 15.4 Å². The number of nitrogens with one attached hydrogen (secondary N) is 2. The number of aliphatic hydroxyl groups is 1. The van der Waals surface area contributed by atoms with Gasteiger partial charge in [0.15, 0.2) is 0 Å². The molecule has 34 heavy (non-hydrogen) atoms. The van der Waals surface area contributed by atoms with Gasteiger partial charge in [-0.25, -0.2) is 4.39 Å². The Labute approximate surface area is 197 Å². The summed E-state index contributed by atoms with van der Waals surface area (Å²) in [7, 11) is 0. The summed E-state index contributed by atoms with van der Waals surface area (Å²) in [4.78, 5) is 14.2. The highest BCUT2D eigenvalue weighted by Gasteiger charge is 2.39. The summed E-state index contributed by atoms with van der Waals surface area (Å²) in [5.74, 6) is -4.20. The van der Waals surface area contributed by atoms with Crippen LogP contribution in [0.15, 0.2) is 36.4 Å². The van der Waals surface area contributed by atoms with Crippen LogP contribution in [0.25, 0.3) is 0 Å². The number of benzene rings is 2. The van der Waals surface area contributed by atoms with Crippen LogP contribution in [0.5, 0.6) is 5.75 Å². The van der Waals surface area contributed by atoms with Gasteiger partial charge in [-0.1, -0.05) is 18.2 Å². The van der Waals surface area contributed by atoms with E-state index in [9.17, 15) is 23.1 Å². The lowest BCUT2D eigenvalue weighted by molar-refractivity contribution is -0.135. The molecule has 0 radical (unpaired) electrons. The molecule has 2 aliphatic rings. The van der Waals surface area contributed by atoms with E-state index in [4.69, 9.17) is 4.74 Å². The maximum Gasteiger partial charge on any atom is 0.289 e. The van der Waals surface area contributed by atoms with Crippen molar-refractivity contribution in [2.75, 3.05) is 13.2 Å². The van der Waals surface area contributed by atoms with Crippen LogP contribution in [0.2, 0.25) is 0 Å². The maximum absolute atomic E-state index is 14.8. The molecule has 2 heterocycles. The Morgan fingerprint density at radius 1 is 1.24 bits per heavy atom. The van der Waals surface area contributed by atoms with Gasteiger partial charge in [0.25, 0.3) is 5.92 Å². The zero-order chi connectivity index (χ0) is 24.5. The van der Waals surface area contributed by atoms with Crippen molar-refractivity contribution < 1.29 is 27.8 Å². The Hall–Kier alpha value is -2.62. The van der Waals surface area contributed by atoms with Crippen molar-refractivity contribution in [1.29, 1.82) is 0 Å². The van der Waals surface area contributed by atoms with Crippen LogP contribution in [-0.2, 0) is 23.8 Å². The summed E-state index contributed by atoms with van der Waals surface area (Å²) in [6, 6.07) is 8.25. The number of hydrogen-bond donors (Lipinski definition) is 3. The summed E-state index contributed by atoms with van der Waals surface area (Å²) in [5.41, 5.74) is 1.87. The SMILES string of the molecule is CCOc1ccc(F)cc1C(F)(F)CNCc1ccc2c(c1)CN(C1CCC(C)NC1=O)C2O. The molecule has 184 valence electrons. The molecule has 2 aliphatic heterocycles. The van der Waals surface area contributed by atoms with Gasteiger partial charge in [0.2, 0.25) is 5.91 Å². The van der Waals surface area contributed by atoms with E-state index < -0.39 is 36.1 Å². The molecule has 0 bridgehead atoms. The van der Waals surface area contributed by atoms with Crippen LogP contribution in [-0.4, -0.2) is 41.1 Å². The molecule has 6 nitrogen and oxygen atoms in total. The Morgan fingerprint density at radius 3 is 2.76 bits per heavy atom. The van der Waals surface area contributed by atoms with Crippen molar-refractivity contribution >= 4 is 5.91 Å². The molecule has 1 amide bonds. The van der Waals surface area contributed by atoms with E-state index in [0.717, 1.165) is 35.2 Å². The Balaban J connectivity index is 1.40. The van der Waals surface area contributed by atoms with E-state index in [1.807, 2.05) is 13.0 Å². The van der Waals surface area contributed by atoms with Gasteiger partial charge >= 0.3 is 0 Å². The largest absolute Gasteiger partial charge is 0.493 e. The van der Waals surface area contributed by atoms with E-state index >= 15 is 0 Å². The van der Waals surface area contributed by atoms with Gasteiger partial charge in [0.05, 0.1) is 24.8 Å². The van der Waals surface area contributed by atoms with E-state index in [0.29, 0.717) is 13.0 Å². The smallest absolute Gasteiger partial charge is 0.289 e. The third-order valence-corrected chi connectivity index (χ3v) is 6.43. The predicted octanol–water partition coefficient (Wildman–Crippen LogP) is 3.58. The summed E-state index contributed by atoms with van der Waals surface area (Å²) in [6.45, 7) is 3.72. The van der Waals surface area contributed by atoms with E-state index in [2.05, 4.69) is 10.6 Å². The number of amides is 1. The molecule has 0 saturated carbocycles. The van der Waals surface area contributed by atoms with E-state index in [1.54, 1.807) is 24.0 Å². The second-order valence-electron chi connectivity index (χ2n) is 8.96. The van der Waals surface area contributed by atoms with Crippen LogP contribution >= 0.6 is 0 Å². The number of aliphatic hydroxyl groups excluding tert-OH is 1. The molecule has 0 spiro atoms. The summed E-state index contributed by atoms with van der Waals surface area (Å²) >= 11 is 0. The minimum absolute atomic E-state index is 0.0385. The average molecular weight is 478 g/mol. The van der Waals surface area contributed by atoms with E-state index in [-0.39, 0.29) is 30.9 Å². The van der Waals surface area contributed by atoms with Gasteiger partial charge < -0.3 is 20.5 Å². The van der Waals surface area contributed by atoms with Crippen molar-refractivity contribution in [2.24, 2.45) is 0 Å². The highest BCUT2D eigenvalue weighted by atomic mass is 19.3. The van der Waals surface area contributed by atoms with Gasteiger partial charge in [0.1, 0.15) is 17.8 Å². The van der Waals surface area contributed by atoms with Crippen LogP contribution in [0.3, 0.4) is 0 Å². The van der Waals surface area contributed by atoms with Crippen LogP contribution in [0, 0.1) is 5.82 Å². The lowest BCUT2D eigenvalue weighted by atomic mass is 10.00. The summed E-state index contributed by atoms with van der Waals surface area (Å²) in [5, 5.41) is 16.4. The fourth-order valence-corrected chi connectivity index (χ4v) is 4.70. The molecule has 0 aliphatic carbocycles. The first-order valence-corrected chi connectivity index (χ1v) is 11.6. The number of halogens is 3. The van der Waals surface area contributed by atoms with Crippen molar-refractivity contribution in [3.05, 3.63) is 64.5 Å². The van der Waals surface area contributed by atoms with Gasteiger partial charge in [-0.3, -0.25) is 9.69 Å². The lowest BCUT2D eigenvalue weighted by Gasteiger charge is -2.34. The second-order valence-corrected chi connectivity index (χ2v) is 8.96. The number of nitrogens with zero attached hydrogens (tertiary/aromatic N) is 1. The highest BCUT2D eigenvalue weighted by Crippen LogP contribution is 2.37. The monoisotopic (exact) mass is 477 g/mol. The van der Waals surface area contributed by atoms with Crippen molar-refractivity contribution in [2.45, 2.75) is 64.0 Å². The molecule has 2 aromatic rings. The topological polar surface area (TPSA) is 73.8 Å². The number of hydrogen-bond acceptors (Lipinski definition) is 5.